The van der Waals surface area contributed by atoms with Crippen molar-refractivity contribution in [2.45, 2.75) is 6.92 Å². The van der Waals surface area contributed by atoms with Crippen molar-refractivity contribution in [2.75, 3.05) is 7.11 Å². The van der Waals surface area contributed by atoms with Crippen LogP contribution in [0.5, 0.6) is 5.75 Å². The van der Waals surface area contributed by atoms with Gasteiger partial charge in [0.15, 0.2) is 0 Å². The van der Waals surface area contributed by atoms with Crippen LogP contribution < -0.4 is 4.74 Å². The molecule has 0 amide bonds. The second-order valence-corrected chi connectivity index (χ2v) is 3.99. The molecule has 0 unspecified atom stereocenters. The Labute approximate surface area is 105 Å². The summed E-state index contributed by atoms with van der Waals surface area (Å²) in [5.74, 6) is 0.381. The van der Waals surface area contributed by atoms with E-state index >= 15 is 0 Å². The summed E-state index contributed by atoms with van der Waals surface area (Å²) < 4.78 is 19.0. The van der Waals surface area contributed by atoms with E-state index in [9.17, 15) is 4.39 Å². The predicted octanol–water partition coefficient (Wildman–Crippen LogP) is 3.68. The number of nitrogens with zero attached hydrogens (tertiary/aromatic N) is 1. The highest BCUT2D eigenvalue weighted by molar-refractivity contribution is 5.67. The van der Waals surface area contributed by atoms with Gasteiger partial charge in [0.1, 0.15) is 11.6 Å². The molecule has 0 heterocycles. The summed E-state index contributed by atoms with van der Waals surface area (Å²) in [5, 5.41) is 8.70. The highest BCUT2D eigenvalue weighted by Crippen LogP contribution is 2.28. The Morgan fingerprint density at radius 3 is 2.50 bits per heavy atom. The standard InChI is InChI=1S/C15H12FNO/c1-10-7-12(4-6-15(10)18-2)13-5-3-11(9-17)8-14(13)16/h3-8H,1-2H3. The van der Waals surface area contributed by atoms with Crippen LogP contribution in [0.3, 0.4) is 0 Å². The molecule has 0 saturated carbocycles. The topological polar surface area (TPSA) is 33.0 Å². The van der Waals surface area contributed by atoms with Crippen LogP contribution in [0.2, 0.25) is 0 Å². The van der Waals surface area contributed by atoms with Crippen molar-refractivity contribution in [3.63, 3.8) is 0 Å². The van der Waals surface area contributed by atoms with Gasteiger partial charge < -0.3 is 4.74 Å². The number of halogens is 1. The van der Waals surface area contributed by atoms with Gasteiger partial charge in [-0.3, -0.25) is 0 Å². The highest BCUT2D eigenvalue weighted by atomic mass is 19.1. The molecule has 0 aromatic heterocycles. The number of hydrogen-bond donors (Lipinski definition) is 0. The van der Waals surface area contributed by atoms with Crippen LogP contribution >= 0.6 is 0 Å². The average Bonchev–Trinajstić information content (AvgIpc) is 2.38. The van der Waals surface area contributed by atoms with Crippen molar-refractivity contribution < 1.29 is 9.13 Å². The van der Waals surface area contributed by atoms with Crippen LogP contribution in [0.4, 0.5) is 4.39 Å². The first kappa shape index (κ1) is 12.1. The van der Waals surface area contributed by atoms with Gasteiger partial charge in [0.2, 0.25) is 0 Å². The second kappa shape index (κ2) is 4.89. The summed E-state index contributed by atoms with van der Waals surface area (Å²) in [6.45, 7) is 1.91. The molecule has 2 aromatic rings. The van der Waals surface area contributed by atoms with Crippen LogP contribution in [-0.4, -0.2) is 7.11 Å². The fourth-order valence-corrected chi connectivity index (χ4v) is 1.86. The Morgan fingerprint density at radius 2 is 1.94 bits per heavy atom. The molecular weight excluding hydrogens is 229 g/mol. The van der Waals surface area contributed by atoms with Crippen molar-refractivity contribution in [3.8, 4) is 22.9 Å². The zero-order valence-corrected chi connectivity index (χ0v) is 10.2. The highest BCUT2D eigenvalue weighted by Gasteiger charge is 2.08. The first-order valence-corrected chi connectivity index (χ1v) is 5.50. The normalized spacial score (nSPS) is 9.89. The molecule has 3 heteroatoms. The molecule has 2 nitrogen and oxygen atoms in total. The van der Waals surface area contributed by atoms with Gasteiger partial charge in [0.25, 0.3) is 0 Å². The van der Waals surface area contributed by atoms with E-state index in [0.717, 1.165) is 16.9 Å². The van der Waals surface area contributed by atoms with E-state index in [1.807, 2.05) is 25.1 Å². The van der Waals surface area contributed by atoms with Gasteiger partial charge >= 0.3 is 0 Å². The molecule has 2 rings (SSSR count). The predicted molar refractivity (Wildman–Crippen MR) is 67.8 cm³/mol. The smallest absolute Gasteiger partial charge is 0.132 e. The lowest BCUT2D eigenvalue weighted by Gasteiger charge is -2.08. The van der Waals surface area contributed by atoms with Crippen LogP contribution in [0.1, 0.15) is 11.1 Å². The van der Waals surface area contributed by atoms with Crippen LogP contribution in [0.15, 0.2) is 36.4 Å². The van der Waals surface area contributed by atoms with E-state index in [4.69, 9.17) is 10.00 Å². The Balaban J connectivity index is 2.49. The van der Waals surface area contributed by atoms with E-state index in [1.54, 1.807) is 25.3 Å². The Kier molecular flexibility index (Phi) is 3.29. The summed E-state index contributed by atoms with van der Waals surface area (Å²) in [5.41, 5.74) is 2.52. The molecule has 2 aromatic carbocycles. The largest absolute Gasteiger partial charge is 0.496 e. The number of benzene rings is 2. The molecular formula is C15H12FNO. The molecule has 0 spiro atoms. The third-order valence-electron chi connectivity index (χ3n) is 2.80. The van der Waals surface area contributed by atoms with E-state index in [2.05, 4.69) is 0 Å². The molecule has 0 atom stereocenters. The molecule has 0 radical (unpaired) electrons. The lowest BCUT2D eigenvalue weighted by atomic mass is 10.0. The van der Waals surface area contributed by atoms with E-state index in [1.165, 1.54) is 6.07 Å². The third kappa shape index (κ3) is 2.18. The maximum Gasteiger partial charge on any atom is 0.132 e. The SMILES string of the molecule is COc1ccc(-c2ccc(C#N)cc2F)cc1C. The molecule has 0 aliphatic carbocycles. The number of methoxy groups -OCH3 is 1. The minimum Gasteiger partial charge on any atom is -0.496 e. The molecule has 18 heavy (non-hydrogen) atoms. The number of rotatable bonds is 2. The van der Waals surface area contributed by atoms with E-state index < -0.39 is 5.82 Å². The van der Waals surface area contributed by atoms with Gasteiger partial charge in [-0.15, -0.1) is 0 Å². The zero-order chi connectivity index (χ0) is 13.1. The number of aryl methyl sites for hydroxylation is 1. The maximum atomic E-state index is 13.9. The molecule has 0 fully saturated rings. The van der Waals surface area contributed by atoms with E-state index in [0.29, 0.717) is 11.1 Å². The number of hydrogen-bond acceptors (Lipinski definition) is 2. The van der Waals surface area contributed by atoms with Gasteiger partial charge in [-0.05, 0) is 42.3 Å². The Morgan fingerprint density at radius 1 is 1.17 bits per heavy atom. The van der Waals surface area contributed by atoms with Crippen molar-refractivity contribution in [3.05, 3.63) is 53.3 Å². The average molecular weight is 241 g/mol. The first-order chi connectivity index (χ1) is 8.65. The summed E-state index contributed by atoms with van der Waals surface area (Å²) in [6, 6.07) is 11.9. The van der Waals surface area contributed by atoms with Crippen molar-refractivity contribution in [2.24, 2.45) is 0 Å². The van der Waals surface area contributed by atoms with Crippen LogP contribution in [-0.2, 0) is 0 Å². The third-order valence-corrected chi connectivity index (χ3v) is 2.80. The molecule has 0 saturated heterocycles. The first-order valence-electron chi connectivity index (χ1n) is 5.50. The minimum absolute atomic E-state index is 0.321. The summed E-state index contributed by atoms with van der Waals surface area (Å²) in [6.07, 6.45) is 0. The molecule has 0 bridgehead atoms. The molecule has 0 N–H and O–H groups in total. The molecule has 0 aliphatic rings. The van der Waals surface area contributed by atoms with Crippen molar-refractivity contribution in [1.29, 1.82) is 5.26 Å². The lowest BCUT2D eigenvalue weighted by molar-refractivity contribution is 0.412. The number of nitriles is 1. The Bertz CT molecular complexity index is 629. The fourth-order valence-electron chi connectivity index (χ4n) is 1.86. The van der Waals surface area contributed by atoms with Gasteiger partial charge in [0.05, 0.1) is 18.7 Å². The lowest BCUT2D eigenvalue weighted by Crippen LogP contribution is -1.90. The van der Waals surface area contributed by atoms with Gasteiger partial charge in [-0.25, -0.2) is 4.39 Å². The zero-order valence-electron chi connectivity index (χ0n) is 10.2. The minimum atomic E-state index is -0.390. The van der Waals surface area contributed by atoms with Crippen molar-refractivity contribution >= 4 is 0 Å². The van der Waals surface area contributed by atoms with Crippen LogP contribution in [0.25, 0.3) is 11.1 Å². The summed E-state index contributed by atoms with van der Waals surface area (Å²) in [7, 11) is 1.60. The fraction of sp³-hybridized carbons (Fsp3) is 0.133. The molecule has 90 valence electrons. The molecule has 0 aliphatic heterocycles. The maximum absolute atomic E-state index is 13.9. The summed E-state index contributed by atoms with van der Waals surface area (Å²) in [4.78, 5) is 0. The van der Waals surface area contributed by atoms with Crippen LogP contribution in [0, 0.1) is 24.1 Å². The Hall–Kier alpha value is -2.34. The second-order valence-electron chi connectivity index (χ2n) is 3.99. The summed E-state index contributed by atoms with van der Waals surface area (Å²) >= 11 is 0. The quantitative estimate of drug-likeness (QED) is 0.803. The van der Waals surface area contributed by atoms with Gasteiger partial charge in [-0.1, -0.05) is 12.1 Å². The van der Waals surface area contributed by atoms with Crippen molar-refractivity contribution in [1.82, 2.24) is 0 Å². The van der Waals surface area contributed by atoms with Gasteiger partial charge in [0, 0.05) is 5.56 Å². The monoisotopic (exact) mass is 241 g/mol. The van der Waals surface area contributed by atoms with Gasteiger partial charge in [-0.2, -0.15) is 5.26 Å². The number of ether oxygens (including phenoxy) is 1. The van der Waals surface area contributed by atoms with E-state index in [-0.39, 0.29) is 0 Å².